The molecule has 0 spiro atoms. The Kier molecular flexibility index (Phi) is 2.86. The van der Waals surface area contributed by atoms with E-state index in [1.807, 2.05) is 19.3 Å². The molecule has 2 rings (SSSR count). The third-order valence-corrected chi connectivity index (χ3v) is 2.98. The van der Waals surface area contributed by atoms with E-state index in [0.717, 1.165) is 24.6 Å². The maximum absolute atomic E-state index is 4.40. The zero-order valence-corrected chi connectivity index (χ0v) is 9.64. The van der Waals surface area contributed by atoms with Gasteiger partial charge in [-0.25, -0.2) is 4.98 Å². The second-order valence-corrected chi connectivity index (χ2v) is 4.37. The lowest BCUT2D eigenvalue weighted by Crippen LogP contribution is -2.31. The Hall–Kier alpha value is -1.16. The zero-order valence-electron chi connectivity index (χ0n) is 9.64. The van der Waals surface area contributed by atoms with Gasteiger partial charge in [-0.15, -0.1) is 0 Å². The largest absolute Gasteiger partial charge is 0.354 e. The number of hydrogen-bond acceptors (Lipinski definition) is 4. The maximum atomic E-state index is 4.40. The van der Waals surface area contributed by atoms with Crippen molar-refractivity contribution in [2.45, 2.75) is 19.4 Å². The van der Waals surface area contributed by atoms with Gasteiger partial charge in [0.15, 0.2) is 0 Å². The van der Waals surface area contributed by atoms with Gasteiger partial charge < -0.3 is 9.80 Å². The molecule has 0 amide bonds. The fraction of sp³-hybridized carbons (Fsp3) is 0.636. The third-order valence-electron chi connectivity index (χ3n) is 2.98. The lowest BCUT2D eigenvalue weighted by molar-refractivity contribution is 0.315. The van der Waals surface area contributed by atoms with E-state index in [1.165, 1.54) is 6.42 Å². The Labute approximate surface area is 90.9 Å². The van der Waals surface area contributed by atoms with Crippen LogP contribution in [0.2, 0.25) is 0 Å². The predicted molar refractivity (Wildman–Crippen MR) is 61.1 cm³/mol. The van der Waals surface area contributed by atoms with Crippen molar-refractivity contribution in [1.29, 1.82) is 0 Å². The Balaban J connectivity index is 2.04. The molecule has 0 radical (unpaired) electrons. The Morgan fingerprint density at radius 3 is 2.67 bits per heavy atom. The first-order valence-corrected chi connectivity index (χ1v) is 5.37. The molecule has 0 bridgehead atoms. The smallest absolute Gasteiger partial charge is 0.147 e. The molecule has 0 aromatic carbocycles. The van der Waals surface area contributed by atoms with Crippen LogP contribution >= 0.6 is 0 Å². The van der Waals surface area contributed by atoms with Crippen molar-refractivity contribution in [3.63, 3.8) is 0 Å². The number of nitrogens with zero attached hydrogens (tertiary/aromatic N) is 4. The normalized spacial score (nSPS) is 21.3. The third kappa shape index (κ3) is 2.26. The van der Waals surface area contributed by atoms with Crippen LogP contribution in [-0.2, 0) is 0 Å². The van der Waals surface area contributed by atoms with E-state index in [2.05, 4.69) is 33.9 Å². The van der Waals surface area contributed by atoms with E-state index in [1.54, 1.807) is 0 Å². The van der Waals surface area contributed by atoms with E-state index >= 15 is 0 Å². The Morgan fingerprint density at radius 2 is 2.13 bits per heavy atom. The van der Waals surface area contributed by atoms with Crippen LogP contribution in [0.15, 0.2) is 12.4 Å². The van der Waals surface area contributed by atoms with Crippen molar-refractivity contribution < 1.29 is 0 Å². The lowest BCUT2D eigenvalue weighted by Gasteiger charge is -2.20. The van der Waals surface area contributed by atoms with Crippen LogP contribution in [0.25, 0.3) is 0 Å². The van der Waals surface area contributed by atoms with E-state index in [9.17, 15) is 0 Å². The van der Waals surface area contributed by atoms with Gasteiger partial charge in [-0.1, -0.05) is 0 Å². The Morgan fingerprint density at radius 1 is 1.33 bits per heavy atom. The number of rotatable bonds is 2. The Bertz CT molecular complexity index is 320. The van der Waals surface area contributed by atoms with E-state index in [-0.39, 0.29) is 0 Å². The molecule has 15 heavy (non-hydrogen) atoms. The summed E-state index contributed by atoms with van der Waals surface area (Å²) in [4.78, 5) is 13.3. The van der Waals surface area contributed by atoms with Gasteiger partial charge in [0.05, 0.1) is 18.1 Å². The van der Waals surface area contributed by atoms with Crippen LogP contribution in [0.5, 0.6) is 0 Å². The predicted octanol–water partition coefficient (Wildman–Crippen LogP) is 0.925. The molecule has 1 aromatic heterocycles. The molecule has 1 aliphatic heterocycles. The molecule has 4 heteroatoms. The fourth-order valence-electron chi connectivity index (χ4n) is 1.92. The molecule has 0 aliphatic carbocycles. The first kappa shape index (κ1) is 10.4. The lowest BCUT2D eigenvalue weighted by atomic mass is 10.2. The van der Waals surface area contributed by atoms with Gasteiger partial charge in [0.2, 0.25) is 0 Å². The zero-order chi connectivity index (χ0) is 10.8. The number of aromatic nitrogens is 2. The van der Waals surface area contributed by atoms with Crippen molar-refractivity contribution >= 4 is 5.82 Å². The standard InChI is InChI=1S/C11H18N4/c1-9-6-13-11(7-12-9)15-5-4-10(8-15)14(2)3/h6-7,10H,4-5,8H2,1-3H3. The summed E-state index contributed by atoms with van der Waals surface area (Å²) in [6.45, 7) is 4.11. The summed E-state index contributed by atoms with van der Waals surface area (Å²) in [5, 5.41) is 0. The van der Waals surface area contributed by atoms with E-state index < -0.39 is 0 Å². The van der Waals surface area contributed by atoms with E-state index in [0.29, 0.717) is 6.04 Å². The maximum Gasteiger partial charge on any atom is 0.147 e. The summed E-state index contributed by atoms with van der Waals surface area (Å²) in [6.07, 6.45) is 4.91. The highest BCUT2D eigenvalue weighted by atomic mass is 15.3. The first-order chi connectivity index (χ1) is 7.16. The molecule has 0 N–H and O–H groups in total. The topological polar surface area (TPSA) is 32.3 Å². The minimum atomic E-state index is 0.646. The molecule has 1 atom stereocenters. The average Bonchev–Trinajstić information content (AvgIpc) is 2.68. The van der Waals surface area contributed by atoms with Crippen molar-refractivity contribution in [3.05, 3.63) is 18.1 Å². The van der Waals surface area contributed by atoms with Crippen LogP contribution in [0, 0.1) is 6.92 Å². The monoisotopic (exact) mass is 206 g/mol. The van der Waals surface area contributed by atoms with Gasteiger partial charge in [0, 0.05) is 19.1 Å². The van der Waals surface area contributed by atoms with Gasteiger partial charge in [-0.2, -0.15) is 0 Å². The number of hydrogen-bond donors (Lipinski definition) is 0. The summed E-state index contributed by atoms with van der Waals surface area (Å²) in [6, 6.07) is 0.646. The van der Waals surface area contributed by atoms with Crippen LogP contribution in [-0.4, -0.2) is 48.1 Å². The molecule has 1 aromatic rings. The van der Waals surface area contributed by atoms with Crippen molar-refractivity contribution in [1.82, 2.24) is 14.9 Å². The highest BCUT2D eigenvalue weighted by Gasteiger charge is 2.24. The molecule has 1 aliphatic rings. The fourth-order valence-corrected chi connectivity index (χ4v) is 1.92. The minimum absolute atomic E-state index is 0.646. The average molecular weight is 206 g/mol. The summed E-state index contributed by atoms with van der Waals surface area (Å²) in [7, 11) is 4.27. The van der Waals surface area contributed by atoms with Crippen molar-refractivity contribution in [3.8, 4) is 0 Å². The molecule has 82 valence electrons. The molecule has 1 saturated heterocycles. The summed E-state index contributed by atoms with van der Waals surface area (Å²) in [5.74, 6) is 1.00. The summed E-state index contributed by atoms with van der Waals surface area (Å²) >= 11 is 0. The van der Waals surface area contributed by atoms with Crippen molar-refractivity contribution in [2.75, 3.05) is 32.1 Å². The quantitative estimate of drug-likeness (QED) is 0.720. The van der Waals surface area contributed by atoms with Crippen LogP contribution < -0.4 is 4.90 Å². The number of aryl methyl sites for hydroxylation is 1. The van der Waals surface area contributed by atoms with Gasteiger partial charge >= 0.3 is 0 Å². The van der Waals surface area contributed by atoms with Crippen LogP contribution in [0.1, 0.15) is 12.1 Å². The van der Waals surface area contributed by atoms with Gasteiger partial charge in [0.1, 0.15) is 5.82 Å². The molecular formula is C11H18N4. The van der Waals surface area contributed by atoms with Gasteiger partial charge in [-0.05, 0) is 27.4 Å². The highest BCUT2D eigenvalue weighted by Crippen LogP contribution is 2.19. The molecule has 1 unspecified atom stereocenters. The molecule has 2 heterocycles. The van der Waals surface area contributed by atoms with Gasteiger partial charge in [0.25, 0.3) is 0 Å². The van der Waals surface area contributed by atoms with Crippen LogP contribution in [0.3, 0.4) is 0 Å². The number of likely N-dealkylation sites (N-methyl/N-ethyl adjacent to an activating group) is 1. The van der Waals surface area contributed by atoms with Crippen LogP contribution in [0.4, 0.5) is 5.82 Å². The molecular weight excluding hydrogens is 188 g/mol. The second kappa shape index (κ2) is 4.14. The number of anilines is 1. The molecule has 1 fully saturated rings. The second-order valence-electron chi connectivity index (χ2n) is 4.37. The molecule has 4 nitrogen and oxygen atoms in total. The molecule has 0 saturated carbocycles. The summed E-state index contributed by atoms with van der Waals surface area (Å²) in [5.41, 5.74) is 0.974. The first-order valence-electron chi connectivity index (χ1n) is 5.37. The van der Waals surface area contributed by atoms with Crippen molar-refractivity contribution in [2.24, 2.45) is 0 Å². The summed E-state index contributed by atoms with van der Waals surface area (Å²) < 4.78 is 0. The SMILES string of the molecule is Cc1cnc(N2CCC(N(C)C)C2)cn1. The highest BCUT2D eigenvalue weighted by molar-refractivity contribution is 5.37. The van der Waals surface area contributed by atoms with E-state index in [4.69, 9.17) is 0 Å². The minimum Gasteiger partial charge on any atom is -0.354 e. The van der Waals surface area contributed by atoms with Gasteiger partial charge in [-0.3, -0.25) is 4.98 Å².